The lowest BCUT2D eigenvalue weighted by Crippen LogP contribution is -3.14. The number of phenols is 1. The molecular formula is C22H22Cl2NO3+. The maximum atomic E-state index is 13.1. The summed E-state index contributed by atoms with van der Waals surface area (Å²) in [7, 11) is 0. The van der Waals surface area contributed by atoms with Gasteiger partial charge in [-0.15, -0.1) is 0 Å². The zero-order chi connectivity index (χ0) is 19.8. The SMILES string of the molecule is CC1CCCC[NH+]1Cc1c(O)ccc2c(=O)c(-c3ccc(Cl)cc3Cl)coc12. The highest BCUT2D eigenvalue weighted by atomic mass is 35.5. The molecule has 1 aliphatic rings. The van der Waals surface area contributed by atoms with E-state index in [9.17, 15) is 9.90 Å². The standard InChI is InChI=1S/C22H21Cl2NO3/c1-13-4-2-3-9-25(13)11-17-20(26)8-7-16-21(27)18(12-28-22(16)17)15-6-5-14(23)10-19(15)24/h5-8,10,12-13,26H,2-4,9,11H2,1H3/p+1. The van der Waals surface area contributed by atoms with Crippen LogP contribution in [0.15, 0.2) is 45.8 Å². The van der Waals surface area contributed by atoms with Crippen LogP contribution in [0.1, 0.15) is 31.7 Å². The summed E-state index contributed by atoms with van der Waals surface area (Å²) in [6.07, 6.45) is 5.02. The second-order valence-corrected chi connectivity index (χ2v) is 8.37. The van der Waals surface area contributed by atoms with Crippen molar-refractivity contribution in [2.45, 2.75) is 38.8 Å². The molecule has 2 atom stereocenters. The number of nitrogens with one attached hydrogen (secondary N) is 1. The van der Waals surface area contributed by atoms with E-state index >= 15 is 0 Å². The van der Waals surface area contributed by atoms with Gasteiger partial charge in [0.1, 0.15) is 24.1 Å². The Morgan fingerprint density at radius 1 is 1.18 bits per heavy atom. The summed E-state index contributed by atoms with van der Waals surface area (Å²) < 4.78 is 5.89. The lowest BCUT2D eigenvalue weighted by molar-refractivity contribution is -0.941. The van der Waals surface area contributed by atoms with E-state index < -0.39 is 0 Å². The van der Waals surface area contributed by atoms with Crippen molar-refractivity contribution in [3.05, 3.63) is 62.4 Å². The Bertz CT molecular complexity index is 1090. The van der Waals surface area contributed by atoms with Gasteiger partial charge in [0.25, 0.3) is 0 Å². The molecule has 2 unspecified atom stereocenters. The van der Waals surface area contributed by atoms with E-state index in [2.05, 4.69) is 6.92 Å². The van der Waals surface area contributed by atoms with Crippen molar-refractivity contribution in [2.24, 2.45) is 0 Å². The third kappa shape index (κ3) is 3.52. The number of benzene rings is 2. The van der Waals surface area contributed by atoms with Crippen LogP contribution in [0.5, 0.6) is 5.75 Å². The molecule has 0 bridgehead atoms. The second kappa shape index (κ2) is 7.78. The van der Waals surface area contributed by atoms with E-state index in [1.807, 2.05) is 0 Å². The molecule has 0 amide bonds. The molecule has 6 heteroatoms. The van der Waals surface area contributed by atoms with Gasteiger partial charge in [0.15, 0.2) is 0 Å². The third-order valence-electron chi connectivity index (χ3n) is 5.73. The number of hydrogen-bond donors (Lipinski definition) is 2. The molecule has 0 spiro atoms. The summed E-state index contributed by atoms with van der Waals surface area (Å²) in [4.78, 5) is 14.6. The summed E-state index contributed by atoms with van der Waals surface area (Å²) in [6.45, 7) is 3.92. The second-order valence-electron chi connectivity index (χ2n) is 7.52. The fourth-order valence-electron chi connectivity index (χ4n) is 4.05. The number of aromatic hydroxyl groups is 1. The molecule has 2 N–H and O–H groups in total. The Hall–Kier alpha value is -2.01. The molecule has 1 fully saturated rings. The number of quaternary nitrogens is 1. The number of hydrogen-bond acceptors (Lipinski definition) is 3. The number of rotatable bonds is 3. The Morgan fingerprint density at radius 2 is 2.00 bits per heavy atom. The summed E-state index contributed by atoms with van der Waals surface area (Å²) in [6, 6.07) is 8.71. The quantitative estimate of drug-likeness (QED) is 0.661. The van der Waals surface area contributed by atoms with E-state index in [1.54, 1.807) is 30.3 Å². The predicted molar refractivity (Wildman–Crippen MR) is 112 cm³/mol. The summed E-state index contributed by atoms with van der Waals surface area (Å²) in [5.74, 6) is 0.165. The molecule has 4 rings (SSSR count). The van der Waals surface area contributed by atoms with Crippen LogP contribution in [0.25, 0.3) is 22.1 Å². The van der Waals surface area contributed by atoms with Crippen LogP contribution in [-0.4, -0.2) is 17.7 Å². The van der Waals surface area contributed by atoms with Gasteiger partial charge in [-0.1, -0.05) is 29.3 Å². The maximum Gasteiger partial charge on any atom is 0.200 e. The minimum Gasteiger partial charge on any atom is -0.507 e. The van der Waals surface area contributed by atoms with E-state index in [0.717, 1.165) is 6.54 Å². The fourth-order valence-corrected chi connectivity index (χ4v) is 4.56. The van der Waals surface area contributed by atoms with E-state index in [0.29, 0.717) is 50.3 Å². The molecule has 28 heavy (non-hydrogen) atoms. The molecule has 2 heterocycles. The number of halogens is 2. The van der Waals surface area contributed by atoms with Crippen molar-refractivity contribution < 1.29 is 14.4 Å². The summed E-state index contributed by atoms with van der Waals surface area (Å²) >= 11 is 12.2. The van der Waals surface area contributed by atoms with Crippen molar-refractivity contribution in [3.8, 4) is 16.9 Å². The summed E-state index contributed by atoms with van der Waals surface area (Å²) in [5, 5.41) is 11.8. The number of fused-ring (bicyclic) bond motifs is 1. The molecule has 3 aromatic rings. The Kier molecular flexibility index (Phi) is 5.37. The van der Waals surface area contributed by atoms with Crippen molar-refractivity contribution in [1.82, 2.24) is 0 Å². The molecular weight excluding hydrogens is 397 g/mol. The van der Waals surface area contributed by atoms with Gasteiger partial charge in [-0.05, 0) is 50.5 Å². The average Bonchev–Trinajstić information content (AvgIpc) is 2.66. The zero-order valence-corrected chi connectivity index (χ0v) is 17.1. The minimum atomic E-state index is -0.173. The molecule has 1 aromatic heterocycles. The van der Waals surface area contributed by atoms with Gasteiger partial charge in [-0.25, -0.2) is 0 Å². The molecule has 0 saturated carbocycles. The van der Waals surface area contributed by atoms with Gasteiger partial charge in [0, 0.05) is 10.6 Å². The Balaban J connectivity index is 1.82. The maximum absolute atomic E-state index is 13.1. The monoisotopic (exact) mass is 418 g/mol. The van der Waals surface area contributed by atoms with E-state index in [1.165, 1.54) is 30.4 Å². The van der Waals surface area contributed by atoms with Gasteiger partial charge >= 0.3 is 0 Å². The minimum absolute atomic E-state index is 0.165. The third-order valence-corrected chi connectivity index (χ3v) is 6.27. The first kappa shape index (κ1) is 19.3. The molecule has 1 saturated heterocycles. The molecule has 146 valence electrons. The highest BCUT2D eigenvalue weighted by Gasteiger charge is 2.25. The summed E-state index contributed by atoms with van der Waals surface area (Å²) in [5.41, 5.74) is 1.92. The molecule has 0 aliphatic carbocycles. The highest BCUT2D eigenvalue weighted by molar-refractivity contribution is 6.36. The van der Waals surface area contributed by atoms with Crippen molar-refractivity contribution in [2.75, 3.05) is 6.54 Å². The molecule has 1 aliphatic heterocycles. The van der Waals surface area contributed by atoms with Gasteiger partial charge in [0.2, 0.25) is 5.43 Å². The lowest BCUT2D eigenvalue weighted by Gasteiger charge is -2.30. The van der Waals surface area contributed by atoms with Crippen LogP contribution in [0.3, 0.4) is 0 Å². The molecule has 4 nitrogen and oxygen atoms in total. The van der Waals surface area contributed by atoms with Crippen molar-refractivity contribution in [1.29, 1.82) is 0 Å². The van der Waals surface area contributed by atoms with Gasteiger partial charge in [-0.3, -0.25) is 4.79 Å². The van der Waals surface area contributed by atoms with Crippen LogP contribution in [-0.2, 0) is 6.54 Å². The number of phenolic OH excluding ortho intramolecular Hbond substituents is 1. The Labute approximate surface area is 173 Å². The Morgan fingerprint density at radius 3 is 2.75 bits per heavy atom. The van der Waals surface area contributed by atoms with E-state index in [-0.39, 0.29) is 11.2 Å². The van der Waals surface area contributed by atoms with Crippen LogP contribution in [0, 0.1) is 0 Å². The van der Waals surface area contributed by atoms with Crippen LogP contribution < -0.4 is 10.3 Å². The highest BCUT2D eigenvalue weighted by Crippen LogP contribution is 2.31. The van der Waals surface area contributed by atoms with Gasteiger partial charge < -0.3 is 14.4 Å². The largest absolute Gasteiger partial charge is 0.507 e. The predicted octanol–water partition coefficient (Wildman–Crippen LogP) is 4.43. The normalized spacial score (nSPS) is 19.8. The first-order chi connectivity index (χ1) is 13.5. The topological polar surface area (TPSA) is 54.9 Å². The van der Waals surface area contributed by atoms with Gasteiger partial charge in [0.05, 0.1) is 34.1 Å². The van der Waals surface area contributed by atoms with Gasteiger partial charge in [-0.2, -0.15) is 0 Å². The molecule has 0 radical (unpaired) electrons. The smallest absolute Gasteiger partial charge is 0.200 e. The average molecular weight is 419 g/mol. The fraction of sp³-hybridized carbons (Fsp3) is 0.318. The number of piperidine rings is 1. The first-order valence-electron chi connectivity index (χ1n) is 9.52. The van der Waals surface area contributed by atoms with Crippen LogP contribution in [0.2, 0.25) is 10.0 Å². The van der Waals surface area contributed by atoms with Crippen molar-refractivity contribution >= 4 is 34.2 Å². The number of likely N-dealkylation sites (tertiary alicyclic amines) is 1. The lowest BCUT2D eigenvalue weighted by atomic mass is 10.0. The van der Waals surface area contributed by atoms with E-state index in [4.69, 9.17) is 27.6 Å². The first-order valence-corrected chi connectivity index (χ1v) is 10.3. The van der Waals surface area contributed by atoms with Crippen LogP contribution >= 0.6 is 23.2 Å². The molecule has 2 aromatic carbocycles. The zero-order valence-electron chi connectivity index (χ0n) is 15.6. The van der Waals surface area contributed by atoms with Crippen molar-refractivity contribution in [3.63, 3.8) is 0 Å². The van der Waals surface area contributed by atoms with Crippen LogP contribution in [0.4, 0.5) is 0 Å².